The number of carbonyl (C=O) groups is 2. The van der Waals surface area contributed by atoms with Crippen molar-refractivity contribution in [1.29, 1.82) is 0 Å². The Morgan fingerprint density at radius 2 is 0.845 bits per heavy atom. The molecule has 21 saturated heterocycles. The van der Waals surface area contributed by atoms with Crippen molar-refractivity contribution in [1.82, 2.24) is 0 Å². The Morgan fingerprint density at radius 3 is 1.30 bits per heavy atom. The monoisotopic (exact) mass is 1880 g/mol. The SMILES string of the molecule is C=C1C[C@@H]2CC[C@@]34C[C@H]5OC6C(O3)[C@H]3O[C@H](CC[C@@H]3O[C@H]6[C@H]5O4)CC(=O)C[C@@H]3[C@@H](C)[C@@H](C[C@H](O)CO)O[C@H]3C[C@H]3O[C@@H](CC[C@@H]1O2)C[C@@H](C)C3=C.C=C1C[C@@H]2CC[C@@]34C[C@H]5OC6C(O3)[C@H]3O[C@H](CC[C@@H]3O[C@H]6[C@H]5O4)CC(=O)C[C@@H]3[C@@H](C)[C@@H](C[C@H]4COC(C)(C)O4)O[C@H]3C[C@H]3O[C@@H](CC[C@@H]1O2)C[C@@H](C)C3=C.CI.ICI. The predicted molar refractivity (Wildman–Crippen MR) is 430 cm³/mol. The maximum Gasteiger partial charge on any atom is 0.172 e. The van der Waals surface area contributed by atoms with Crippen LogP contribution in [-0.2, 0) is 94.9 Å². The van der Waals surface area contributed by atoms with E-state index in [2.05, 4.69) is 122 Å². The third kappa shape index (κ3) is 17.2. The minimum Gasteiger partial charge on any atom is -0.394 e. The first-order valence-corrected chi connectivity index (χ1v) is 47.5. The van der Waals surface area contributed by atoms with Gasteiger partial charge in [0.1, 0.15) is 72.6 Å². The minimum atomic E-state index is -0.872. The molecule has 0 aliphatic carbocycles. The van der Waals surface area contributed by atoms with E-state index in [1.54, 1.807) is 0 Å². The van der Waals surface area contributed by atoms with Crippen LogP contribution in [-0.4, -0.2) is 243 Å². The number of aliphatic hydroxyl groups is 2. The van der Waals surface area contributed by atoms with E-state index in [0.717, 1.165) is 119 Å². The standard InChI is InChI=1S/C43H62O11.C40H58O11.CH2I2.CH3I/c1-21-13-26-7-9-31-22(2)14-28(46-31)11-12-43-19-36-38(53-43)39-40(51-36)41(54-43)37-32(50-39)10-8-27(48-37)15-25(44)16-30-24(4)33(17-29-20-45-42(5,6)52-29)49-35(30)18-34(47-26)23(21)3;1-19-11-25-5-7-29-20(2)12-27(44-29)9-10-40-17-34-36(50-40)37-38(49-34)39(51-40)35-30(48-37)8-6-26(46-35)13-23(42)14-28-22(4)31(15-24(43)18-41)47-33(28)16-32(45-25)21(19)3;2-1-3;1-2/h21,24,26-41H,2-3,7-20H2,1,4-6H3;19,22,24-39,41,43H,2-3,5-18H2,1,4H3;1H2;1H3/t21-,24-,26+,27-,28+,29+,30-,31+,32+,33-,34-,35+,36-,37+,38+,39+,40?,41?,43+;19-,22-,24+,25+,26-,27+,28-,29+,30+,31-,32-,33+,34-,35+,36+,37+,38?,39?,40+;;/m11../s1. The average molecular weight is 1880 g/mol. The van der Waals surface area contributed by atoms with Gasteiger partial charge in [0.15, 0.2) is 17.4 Å². The van der Waals surface area contributed by atoms with Crippen molar-refractivity contribution in [3.05, 3.63) is 48.6 Å². The fourth-order valence-corrected chi connectivity index (χ4v) is 23.3. The first-order chi connectivity index (χ1) is 52.9. The number of carbonyl (C=O) groups excluding carboxylic acids is 2. The first-order valence-electron chi connectivity index (χ1n) is 42.3. The summed E-state index contributed by atoms with van der Waals surface area (Å²) in [5.74, 6) is -0.966. The summed E-state index contributed by atoms with van der Waals surface area (Å²) in [5.41, 5.74) is 4.51. The van der Waals surface area contributed by atoms with Crippen molar-refractivity contribution in [2.75, 3.05) is 20.6 Å². The number of halogens is 3. The summed E-state index contributed by atoms with van der Waals surface area (Å²) in [5, 5.41) is 20.0. The maximum atomic E-state index is 14.2. The highest BCUT2D eigenvalue weighted by atomic mass is 127. The molecule has 0 aromatic carbocycles. The summed E-state index contributed by atoms with van der Waals surface area (Å²) >= 11 is 6.70. The Bertz CT molecular complexity index is 3290. The highest BCUT2D eigenvalue weighted by Crippen LogP contribution is 2.58. The number of ether oxygens (including phenoxy) is 18. The van der Waals surface area contributed by atoms with Gasteiger partial charge in [-0.15, -0.1) is 0 Å². The second-order valence-electron chi connectivity index (χ2n) is 36.8. The van der Waals surface area contributed by atoms with E-state index in [-0.39, 0.29) is 219 Å². The quantitative estimate of drug-likeness (QED) is 0.148. The smallest absolute Gasteiger partial charge is 0.172 e. The van der Waals surface area contributed by atoms with Gasteiger partial charge in [0.25, 0.3) is 0 Å². The molecule has 4 unspecified atom stereocenters. The van der Waals surface area contributed by atoms with Crippen LogP contribution < -0.4 is 0 Å². The highest BCUT2D eigenvalue weighted by Gasteiger charge is 2.71. The van der Waals surface area contributed by atoms with Gasteiger partial charge in [-0.05, 0) is 166 Å². The molecular formula is C85H125I3O22. The number of hydrogen-bond acceptors (Lipinski definition) is 22. The zero-order chi connectivity index (χ0) is 77.0. The zero-order valence-electron chi connectivity index (χ0n) is 65.8. The lowest BCUT2D eigenvalue weighted by Crippen LogP contribution is -2.61. The Balaban J connectivity index is 0.000000158. The molecule has 0 aromatic rings. The predicted octanol–water partition coefficient (Wildman–Crippen LogP) is 12.8. The molecule has 25 heteroatoms. The lowest BCUT2D eigenvalue weighted by atomic mass is 9.78. The van der Waals surface area contributed by atoms with Gasteiger partial charge in [-0.25, -0.2) is 0 Å². The molecule has 21 fully saturated rings. The lowest BCUT2D eigenvalue weighted by Gasteiger charge is -2.47. The number of rotatable bonds is 5. The van der Waals surface area contributed by atoms with E-state index in [1.165, 1.54) is 8.01 Å². The molecule has 38 atom stereocenters. The fraction of sp³-hybridized carbons (Fsp3) is 0.882. The van der Waals surface area contributed by atoms with Crippen LogP contribution in [0, 0.1) is 35.5 Å². The number of aliphatic hydroxyl groups excluding tert-OH is 2. The summed E-state index contributed by atoms with van der Waals surface area (Å²) in [6.07, 6.45) is 13.6. The Hall–Kier alpha value is -0.310. The van der Waals surface area contributed by atoms with Gasteiger partial charge in [0.05, 0.1) is 138 Å². The van der Waals surface area contributed by atoms with Crippen LogP contribution in [0.1, 0.15) is 208 Å². The molecule has 110 heavy (non-hydrogen) atoms. The summed E-state index contributed by atoms with van der Waals surface area (Å²) in [6.45, 7) is 30.9. The van der Waals surface area contributed by atoms with Crippen molar-refractivity contribution >= 4 is 79.3 Å². The van der Waals surface area contributed by atoms with E-state index in [0.29, 0.717) is 82.7 Å². The van der Waals surface area contributed by atoms with Gasteiger partial charge in [-0.3, -0.25) is 9.59 Å². The van der Waals surface area contributed by atoms with Crippen LogP contribution in [0.4, 0.5) is 0 Å². The van der Waals surface area contributed by atoms with Gasteiger partial charge in [-0.2, -0.15) is 0 Å². The van der Waals surface area contributed by atoms with E-state index >= 15 is 0 Å². The van der Waals surface area contributed by atoms with Crippen molar-refractivity contribution in [3.63, 3.8) is 0 Å². The second-order valence-corrected chi connectivity index (χ2v) is 41.2. The van der Waals surface area contributed by atoms with E-state index in [4.69, 9.17) is 85.3 Å². The molecule has 0 radical (unpaired) electrons. The van der Waals surface area contributed by atoms with Gasteiger partial charge >= 0.3 is 0 Å². The molecule has 21 heterocycles. The number of Topliss-reactive ketones (excluding diaryl/α,β-unsaturated/α-hetero) is 2. The van der Waals surface area contributed by atoms with Crippen molar-refractivity contribution in [2.45, 2.75) is 409 Å². The second kappa shape index (κ2) is 34.7. The van der Waals surface area contributed by atoms with Crippen LogP contribution in [0.3, 0.4) is 0 Å². The first kappa shape index (κ1) is 83.3. The van der Waals surface area contributed by atoms with Crippen molar-refractivity contribution < 1.29 is 105 Å². The molecule has 24 bridgehead atoms. The van der Waals surface area contributed by atoms with Gasteiger partial charge in [0.2, 0.25) is 0 Å². The Kier molecular flexibility index (Phi) is 26.3. The topological polar surface area (TPSA) is 241 Å². The molecule has 0 aromatic heterocycles. The number of ketones is 2. The summed E-state index contributed by atoms with van der Waals surface area (Å²) in [7, 11) is 0. The maximum absolute atomic E-state index is 14.2. The zero-order valence-corrected chi connectivity index (χ0v) is 72.3. The van der Waals surface area contributed by atoms with Crippen LogP contribution in [0.5, 0.6) is 0 Å². The molecule has 21 rings (SSSR count). The molecule has 21 aliphatic rings. The highest BCUT2D eigenvalue weighted by molar-refractivity contribution is 14.2. The molecular weight excluding hydrogens is 1750 g/mol. The summed E-state index contributed by atoms with van der Waals surface area (Å²) < 4.78 is 122. The third-order valence-corrected chi connectivity index (χ3v) is 29.1. The Morgan fingerprint density at radius 1 is 0.436 bits per heavy atom. The van der Waals surface area contributed by atoms with E-state index in [9.17, 15) is 19.8 Å². The molecule has 0 amide bonds. The van der Waals surface area contributed by atoms with E-state index < -0.39 is 23.5 Å². The summed E-state index contributed by atoms with van der Waals surface area (Å²) in [6, 6.07) is 0. The van der Waals surface area contributed by atoms with E-state index in [1.807, 2.05) is 18.8 Å². The fourth-order valence-electron chi connectivity index (χ4n) is 23.3. The van der Waals surface area contributed by atoms with Gasteiger partial charge < -0.3 is 95.5 Å². The number of fused-ring (bicyclic) bond motifs is 12. The molecule has 618 valence electrons. The average Bonchev–Trinajstić information content (AvgIpc) is 1.55. The Labute approximate surface area is 692 Å². The molecule has 22 nitrogen and oxygen atoms in total. The number of hydrogen-bond donors (Lipinski definition) is 2. The van der Waals surface area contributed by atoms with Crippen LogP contribution in [0.2, 0.25) is 0 Å². The molecule has 2 N–H and O–H groups in total. The van der Waals surface area contributed by atoms with Crippen LogP contribution in [0.15, 0.2) is 48.6 Å². The molecule has 2 spiro atoms. The third-order valence-electron chi connectivity index (χ3n) is 29.1. The van der Waals surface area contributed by atoms with Gasteiger partial charge in [0, 0.05) is 77.0 Å². The van der Waals surface area contributed by atoms with Crippen molar-refractivity contribution in [3.8, 4) is 0 Å². The van der Waals surface area contributed by atoms with Crippen molar-refractivity contribution in [2.24, 2.45) is 35.5 Å². The van der Waals surface area contributed by atoms with Crippen LogP contribution >= 0.6 is 67.8 Å². The molecule has 21 aliphatic heterocycles. The van der Waals surface area contributed by atoms with Crippen LogP contribution in [0.25, 0.3) is 0 Å². The normalized spacial score (nSPS) is 51.4. The minimum absolute atomic E-state index is 0.00894. The molecule has 0 saturated carbocycles. The largest absolute Gasteiger partial charge is 0.394 e. The lowest BCUT2D eigenvalue weighted by molar-refractivity contribution is -0.292. The summed E-state index contributed by atoms with van der Waals surface area (Å²) in [4.78, 5) is 30.1. The van der Waals surface area contributed by atoms with Gasteiger partial charge in [-0.1, -0.05) is 122 Å². The number of alkyl halides is 3.